The van der Waals surface area contributed by atoms with E-state index in [-0.39, 0.29) is 24.6 Å². The summed E-state index contributed by atoms with van der Waals surface area (Å²) >= 11 is 3.17. The second kappa shape index (κ2) is 6.22. The first-order chi connectivity index (χ1) is 6.16. The number of nitrogens with two attached hydrogens (primary N) is 1. The molecule has 0 unspecified atom stereocenters. The summed E-state index contributed by atoms with van der Waals surface area (Å²) in [5.41, 5.74) is 6.23. The molecule has 0 saturated heterocycles. The zero-order chi connectivity index (χ0) is 9.84. The van der Waals surface area contributed by atoms with E-state index in [0.717, 1.165) is 0 Å². The molecule has 1 aromatic carbocycles. The van der Waals surface area contributed by atoms with Crippen LogP contribution in [0, 0.1) is 0 Å². The molecule has 80 valence electrons. The highest BCUT2D eigenvalue weighted by Gasteiger charge is 2.11. The molecule has 1 aromatic rings. The number of halogens is 3. The van der Waals surface area contributed by atoms with Crippen LogP contribution in [0.15, 0.2) is 22.7 Å². The summed E-state index contributed by atoms with van der Waals surface area (Å²) in [6.07, 6.45) is 0.226. The van der Waals surface area contributed by atoms with Crippen molar-refractivity contribution in [1.29, 1.82) is 0 Å². The Morgan fingerprint density at radius 1 is 1.50 bits per heavy atom. The first-order valence-corrected chi connectivity index (χ1v) is 4.75. The van der Waals surface area contributed by atoms with Crippen LogP contribution in [0.3, 0.4) is 0 Å². The van der Waals surface area contributed by atoms with E-state index in [1.807, 2.05) is 0 Å². The van der Waals surface area contributed by atoms with Gasteiger partial charge >= 0.3 is 0 Å². The van der Waals surface area contributed by atoms with Gasteiger partial charge in [-0.25, -0.2) is 0 Å². The first-order valence-electron chi connectivity index (χ1n) is 3.95. The minimum Gasteiger partial charge on any atom is -0.506 e. The average Bonchev–Trinajstić information content (AvgIpc) is 2.10. The van der Waals surface area contributed by atoms with Gasteiger partial charge in [-0.15, -0.1) is 12.4 Å². The molecule has 0 aromatic heterocycles. The van der Waals surface area contributed by atoms with Crippen molar-refractivity contribution in [1.82, 2.24) is 0 Å². The Morgan fingerprint density at radius 2 is 2.14 bits per heavy atom. The molecule has 0 aliphatic carbocycles. The molecule has 0 spiro atoms. The Labute approximate surface area is 96.8 Å². The second-order valence-electron chi connectivity index (χ2n) is 2.76. The number of rotatable bonds is 3. The zero-order valence-electron chi connectivity index (χ0n) is 7.41. The molecule has 0 fully saturated rings. The largest absolute Gasteiger partial charge is 0.506 e. The molecule has 0 amide bonds. The van der Waals surface area contributed by atoms with Gasteiger partial charge in [0.15, 0.2) is 0 Å². The maximum atomic E-state index is 12.0. The van der Waals surface area contributed by atoms with Crippen LogP contribution in [0.4, 0.5) is 4.39 Å². The van der Waals surface area contributed by atoms with Gasteiger partial charge in [0.25, 0.3) is 0 Å². The van der Waals surface area contributed by atoms with Crippen LogP contribution in [0.2, 0.25) is 0 Å². The van der Waals surface area contributed by atoms with Crippen LogP contribution < -0.4 is 5.73 Å². The number of para-hydroxylation sites is 1. The lowest BCUT2D eigenvalue weighted by atomic mass is 10.0. The quantitative estimate of drug-likeness (QED) is 0.896. The van der Waals surface area contributed by atoms with Crippen molar-refractivity contribution in [3.63, 3.8) is 0 Å². The highest BCUT2D eigenvalue weighted by atomic mass is 79.9. The maximum absolute atomic E-state index is 12.0. The summed E-state index contributed by atoms with van der Waals surface area (Å²) in [7, 11) is 0. The number of phenols is 1. The van der Waals surface area contributed by atoms with Gasteiger partial charge in [-0.05, 0) is 28.4 Å². The van der Waals surface area contributed by atoms with E-state index >= 15 is 0 Å². The average molecular weight is 285 g/mol. The fraction of sp³-hybridized carbons (Fsp3) is 0.333. The molecule has 2 nitrogen and oxygen atoms in total. The molecule has 0 aliphatic rings. The molecule has 0 bridgehead atoms. The van der Waals surface area contributed by atoms with E-state index in [1.165, 1.54) is 0 Å². The number of alkyl halides is 1. The Morgan fingerprint density at radius 3 is 2.71 bits per heavy atom. The van der Waals surface area contributed by atoms with Gasteiger partial charge < -0.3 is 10.8 Å². The van der Waals surface area contributed by atoms with E-state index in [0.29, 0.717) is 10.0 Å². The third-order valence-electron chi connectivity index (χ3n) is 1.84. The number of phenolic OH excluding ortho intramolecular Hbond substituents is 1. The van der Waals surface area contributed by atoms with Crippen LogP contribution in [0.5, 0.6) is 5.75 Å². The minimum absolute atomic E-state index is 0. The lowest BCUT2D eigenvalue weighted by Crippen LogP contribution is -2.11. The van der Waals surface area contributed by atoms with Crippen molar-refractivity contribution in [3.8, 4) is 5.75 Å². The van der Waals surface area contributed by atoms with Crippen molar-refractivity contribution >= 4 is 28.3 Å². The summed E-state index contributed by atoms with van der Waals surface area (Å²) in [6, 6.07) is 4.72. The van der Waals surface area contributed by atoms with Crippen molar-refractivity contribution < 1.29 is 9.50 Å². The van der Waals surface area contributed by atoms with Crippen molar-refractivity contribution in [2.75, 3.05) is 6.67 Å². The van der Waals surface area contributed by atoms with E-state index in [2.05, 4.69) is 15.9 Å². The molecular weight excluding hydrogens is 272 g/mol. The van der Waals surface area contributed by atoms with Gasteiger partial charge in [-0.1, -0.05) is 12.1 Å². The Balaban J connectivity index is 0.00000169. The fourth-order valence-corrected chi connectivity index (χ4v) is 1.49. The minimum atomic E-state index is -0.479. The van der Waals surface area contributed by atoms with Gasteiger partial charge in [-0.3, -0.25) is 4.39 Å². The van der Waals surface area contributed by atoms with Crippen LogP contribution in [0.25, 0.3) is 0 Å². The lowest BCUT2D eigenvalue weighted by Gasteiger charge is -2.12. The van der Waals surface area contributed by atoms with Crippen LogP contribution in [-0.2, 0) is 0 Å². The number of aromatic hydroxyl groups is 1. The lowest BCUT2D eigenvalue weighted by molar-refractivity contribution is 0.423. The predicted molar refractivity (Wildman–Crippen MR) is 60.6 cm³/mol. The molecule has 0 saturated carbocycles. The van der Waals surface area contributed by atoms with Crippen molar-refractivity contribution in [2.24, 2.45) is 5.73 Å². The zero-order valence-corrected chi connectivity index (χ0v) is 9.81. The third-order valence-corrected chi connectivity index (χ3v) is 2.48. The first kappa shape index (κ1) is 13.7. The molecule has 3 N–H and O–H groups in total. The molecule has 0 heterocycles. The Kier molecular flexibility index (Phi) is 6.08. The van der Waals surface area contributed by atoms with Gasteiger partial charge in [0, 0.05) is 11.6 Å². The smallest absolute Gasteiger partial charge is 0.134 e. The van der Waals surface area contributed by atoms with Gasteiger partial charge in [-0.2, -0.15) is 0 Å². The normalized spacial score (nSPS) is 11.9. The molecular formula is C9H12BrClFNO. The molecule has 14 heavy (non-hydrogen) atoms. The van der Waals surface area contributed by atoms with Crippen LogP contribution >= 0.6 is 28.3 Å². The highest BCUT2D eigenvalue weighted by Crippen LogP contribution is 2.31. The second-order valence-corrected chi connectivity index (χ2v) is 3.62. The SMILES string of the molecule is Cl.N[C@H](CCF)c1cccc(Br)c1O. The molecule has 5 heteroatoms. The number of hydrogen-bond donors (Lipinski definition) is 2. The van der Waals surface area contributed by atoms with Crippen LogP contribution in [0.1, 0.15) is 18.0 Å². The van der Waals surface area contributed by atoms with Crippen LogP contribution in [-0.4, -0.2) is 11.8 Å². The molecule has 0 aliphatic heterocycles. The fourth-order valence-electron chi connectivity index (χ4n) is 1.10. The molecule has 1 rings (SSSR count). The van der Waals surface area contributed by atoms with Crippen molar-refractivity contribution in [2.45, 2.75) is 12.5 Å². The van der Waals surface area contributed by atoms with Gasteiger partial charge in [0.05, 0.1) is 11.1 Å². The Bertz CT molecular complexity index is 298. The van der Waals surface area contributed by atoms with E-state index in [1.54, 1.807) is 18.2 Å². The standard InChI is InChI=1S/C9H11BrFNO.ClH/c10-7-3-1-2-6(9(7)13)8(12)4-5-11;/h1-3,8,13H,4-5,12H2;1H/t8-;/m1./s1. The van der Waals surface area contributed by atoms with E-state index < -0.39 is 12.7 Å². The number of hydrogen-bond acceptors (Lipinski definition) is 2. The summed E-state index contributed by atoms with van der Waals surface area (Å²) in [6.45, 7) is -0.479. The molecule has 0 radical (unpaired) electrons. The molecule has 1 atom stereocenters. The van der Waals surface area contributed by atoms with Crippen molar-refractivity contribution in [3.05, 3.63) is 28.2 Å². The topological polar surface area (TPSA) is 46.2 Å². The van der Waals surface area contributed by atoms with E-state index in [9.17, 15) is 9.50 Å². The monoisotopic (exact) mass is 283 g/mol. The highest BCUT2D eigenvalue weighted by molar-refractivity contribution is 9.10. The Hall–Kier alpha value is -0.320. The summed E-state index contributed by atoms with van der Waals surface area (Å²) in [5, 5.41) is 9.55. The van der Waals surface area contributed by atoms with Gasteiger partial charge in [0.2, 0.25) is 0 Å². The summed E-state index contributed by atoms with van der Waals surface area (Å²) < 4.78 is 12.6. The summed E-state index contributed by atoms with van der Waals surface area (Å²) in [5.74, 6) is 0.100. The predicted octanol–water partition coefficient (Wildman–Crippen LogP) is 2.94. The maximum Gasteiger partial charge on any atom is 0.134 e. The van der Waals surface area contributed by atoms with Gasteiger partial charge in [0.1, 0.15) is 5.75 Å². The summed E-state index contributed by atoms with van der Waals surface area (Å²) in [4.78, 5) is 0. The van der Waals surface area contributed by atoms with E-state index in [4.69, 9.17) is 5.73 Å². The third kappa shape index (κ3) is 3.12. The number of benzene rings is 1.